The molecular weight excluding hydrogens is 212 g/mol. The quantitative estimate of drug-likeness (QED) is 0.737. The number of carboxylic acids is 1. The second-order valence-corrected chi connectivity index (χ2v) is 3.50. The molecule has 0 unspecified atom stereocenters. The molecule has 88 valence electrons. The van der Waals surface area contributed by atoms with Crippen molar-refractivity contribution in [3.8, 4) is 0 Å². The lowest BCUT2D eigenvalue weighted by Gasteiger charge is -2.04. The highest BCUT2D eigenvalue weighted by Crippen LogP contribution is 1.91. The molecule has 1 aromatic rings. The average Bonchev–Trinajstić information content (AvgIpc) is 2.22. The summed E-state index contributed by atoms with van der Waals surface area (Å²) in [6.07, 6.45) is 2.36. The summed E-state index contributed by atoms with van der Waals surface area (Å²) in [7, 11) is 0. The highest BCUT2D eigenvalue weighted by atomic mass is 16.4. The van der Waals surface area contributed by atoms with Crippen molar-refractivity contribution in [1.82, 2.24) is 9.55 Å². The SMILES string of the molecule is CCCCn1c(=O)[nH]cc(CC(=O)O)c1=O. The summed E-state index contributed by atoms with van der Waals surface area (Å²) in [6.45, 7) is 2.26. The number of aliphatic carboxylic acids is 1. The number of carbonyl (C=O) groups is 1. The van der Waals surface area contributed by atoms with Crippen LogP contribution >= 0.6 is 0 Å². The number of rotatable bonds is 5. The minimum atomic E-state index is -1.09. The van der Waals surface area contributed by atoms with E-state index in [-0.39, 0.29) is 12.0 Å². The Kier molecular flexibility index (Phi) is 4.04. The van der Waals surface area contributed by atoms with Crippen LogP contribution in [-0.2, 0) is 17.8 Å². The van der Waals surface area contributed by atoms with Gasteiger partial charge in [0.1, 0.15) is 0 Å². The van der Waals surface area contributed by atoms with Gasteiger partial charge in [-0.25, -0.2) is 4.79 Å². The number of hydrogen-bond acceptors (Lipinski definition) is 3. The number of nitrogens with zero attached hydrogens (tertiary/aromatic N) is 1. The molecule has 6 heteroatoms. The van der Waals surface area contributed by atoms with Gasteiger partial charge in [0.2, 0.25) is 0 Å². The minimum Gasteiger partial charge on any atom is -0.481 e. The van der Waals surface area contributed by atoms with Gasteiger partial charge < -0.3 is 10.1 Å². The standard InChI is InChI=1S/C10H14N2O4/c1-2-3-4-12-9(15)7(5-8(13)14)6-11-10(12)16/h6H,2-5H2,1H3,(H,11,16)(H,13,14). The van der Waals surface area contributed by atoms with Gasteiger partial charge in [-0.3, -0.25) is 14.2 Å². The summed E-state index contributed by atoms with van der Waals surface area (Å²) in [5.74, 6) is -1.09. The fourth-order valence-electron chi connectivity index (χ4n) is 1.36. The third-order valence-corrected chi connectivity index (χ3v) is 2.21. The van der Waals surface area contributed by atoms with Crippen LogP contribution in [-0.4, -0.2) is 20.6 Å². The zero-order valence-corrected chi connectivity index (χ0v) is 9.02. The van der Waals surface area contributed by atoms with E-state index < -0.39 is 17.2 Å². The maximum absolute atomic E-state index is 11.7. The Morgan fingerprint density at radius 3 is 2.75 bits per heavy atom. The first-order chi connectivity index (χ1) is 7.56. The van der Waals surface area contributed by atoms with Gasteiger partial charge in [-0.1, -0.05) is 13.3 Å². The van der Waals surface area contributed by atoms with Crippen molar-refractivity contribution >= 4 is 5.97 Å². The van der Waals surface area contributed by atoms with Crippen LogP contribution in [0.4, 0.5) is 0 Å². The van der Waals surface area contributed by atoms with Crippen molar-refractivity contribution in [2.45, 2.75) is 32.7 Å². The van der Waals surface area contributed by atoms with Crippen molar-refractivity contribution in [3.05, 3.63) is 32.6 Å². The van der Waals surface area contributed by atoms with Crippen molar-refractivity contribution in [2.24, 2.45) is 0 Å². The molecule has 6 nitrogen and oxygen atoms in total. The van der Waals surface area contributed by atoms with E-state index in [4.69, 9.17) is 5.11 Å². The van der Waals surface area contributed by atoms with E-state index in [2.05, 4.69) is 4.98 Å². The molecule has 16 heavy (non-hydrogen) atoms. The van der Waals surface area contributed by atoms with Crippen molar-refractivity contribution in [2.75, 3.05) is 0 Å². The van der Waals surface area contributed by atoms with Crippen molar-refractivity contribution in [1.29, 1.82) is 0 Å². The van der Waals surface area contributed by atoms with Crippen LogP contribution in [0, 0.1) is 0 Å². The molecule has 0 aromatic carbocycles. The molecular formula is C10H14N2O4. The molecule has 0 amide bonds. The summed E-state index contributed by atoms with van der Waals surface area (Å²) >= 11 is 0. The van der Waals surface area contributed by atoms with Gasteiger partial charge in [0.25, 0.3) is 5.56 Å². The molecule has 0 radical (unpaired) electrons. The third kappa shape index (κ3) is 2.82. The van der Waals surface area contributed by atoms with E-state index in [1.807, 2.05) is 6.92 Å². The first kappa shape index (κ1) is 12.2. The van der Waals surface area contributed by atoms with Gasteiger partial charge in [0.15, 0.2) is 0 Å². The number of unbranched alkanes of at least 4 members (excludes halogenated alkanes) is 1. The number of hydrogen-bond donors (Lipinski definition) is 2. The second kappa shape index (κ2) is 5.29. The highest BCUT2D eigenvalue weighted by Gasteiger charge is 2.09. The Morgan fingerprint density at radius 2 is 2.19 bits per heavy atom. The van der Waals surface area contributed by atoms with Gasteiger partial charge in [-0.15, -0.1) is 0 Å². The van der Waals surface area contributed by atoms with Gasteiger partial charge in [-0.05, 0) is 6.42 Å². The molecule has 0 aliphatic carbocycles. The van der Waals surface area contributed by atoms with Crippen LogP contribution in [0.1, 0.15) is 25.3 Å². The minimum absolute atomic E-state index is 0.100. The molecule has 0 aliphatic heterocycles. The lowest BCUT2D eigenvalue weighted by Crippen LogP contribution is -2.37. The summed E-state index contributed by atoms with van der Waals surface area (Å²) in [4.78, 5) is 35.9. The Bertz CT molecular complexity index is 486. The number of aromatic nitrogens is 2. The number of H-pyrrole nitrogens is 1. The van der Waals surface area contributed by atoms with Crippen LogP contribution < -0.4 is 11.2 Å². The second-order valence-electron chi connectivity index (χ2n) is 3.50. The van der Waals surface area contributed by atoms with Gasteiger partial charge in [0, 0.05) is 18.3 Å². The maximum atomic E-state index is 11.7. The Labute approximate surface area is 91.5 Å². The summed E-state index contributed by atoms with van der Waals surface area (Å²) in [5, 5.41) is 8.59. The zero-order valence-electron chi connectivity index (χ0n) is 9.02. The smallest absolute Gasteiger partial charge is 0.328 e. The molecule has 0 saturated carbocycles. The first-order valence-corrected chi connectivity index (χ1v) is 5.09. The maximum Gasteiger partial charge on any atom is 0.328 e. The zero-order chi connectivity index (χ0) is 12.1. The van der Waals surface area contributed by atoms with E-state index in [9.17, 15) is 14.4 Å². The van der Waals surface area contributed by atoms with Gasteiger partial charge in [0.05, 0.1) is 6.42 Å². The van der Waals surface area contributed by atoms with Gasteiger partial charge in [-0.2, -0.15) is 0 Å². The topological polar surface area (TPSA) is 92.2 Å². The highest BCUT2D eigenvalue weighted by molar-refractivity contribution is 5.69. The molecule has 1 heterocycles. The van der Waals surface area contributed by atoms with E-state index in [1.54, 1.807) is 0 Å². The fraction of sp³-hybridized carbons (Fsp3) is 0.500. The van der Waals surface area contributed by atoms with Crippen molar-refractivity contribution < 1.29 is 9.90 Å². The number of aromatic amines is 1. The van der Waals surface area contributed by atoms with E-state index in [1.165, 1.54) is 6.20 Å². The first-order valence-electron chi connectivity index (χ1n) is 5.09. The predicted molar refractivity (Wildman–Crippen MR) is 57.6 cm³/mol. The lowest BCUT2D eigenvalue weighted by molar-refractivity contribution is -0.136. The van der Waals surface area contributed by atoms with Crippen LogP contribution in [0.15, 0.2) is 15.8 Å². The molecule has 0 fully saturated rings. The Hall–Kier alpha value is -1.85. The monoisotopic (exact) mass is 226 g/mol. The lowest BCUT2D eigenvalue weighted by atomic mass is 10.2. The van der Waals surface area contributed by atoms with Crippen LogP contribution in [0.3, 0.4) is 0 Å². The van der Waals surface area contributed by atoms with E-state index >= 15 is 0 Å². The normalized spacial score (nSPS) is 10.3. The molecule has 0 atom stereocenters. The molecule has 0 saturated heterocycles. The summed E-state index contributed by atoms with van der Waals surface area (Å²) < 4.78 is 1.04. The molecule has 1 rings (SSSR count). The largest absolute Gasteiger partial charge is 0.481 e. The Morgan fingerprint density at radius 1 is 1.50 bits per heavy atom. The van der Waals surface area contributed by atoms with Crippen molar-refractivity contribution in [3.63, 3.8) is 0 Å². The number of nitrogens with one attached hydrogen (secondary N) is 1. The van der Waals surface area contributed by atoms with Crippen LogP contribution in [0.2, 0.25) is 0 Å². The van der Waals surface area contributed by atoms with Gasteiger partial charge >= 0.3 is 11.7 Å². The predicted octanol–water partition coefficient (Wildman–Crippen LogP) is -0.0362. The number of carboxylic acid groups (broad SMARTS) is 1. The molecule has 0 spiro atoms. The van der Waals surface area contributed by atoms with Crippen LogP contribution in [0.25, 0.3) is 0 Å². The average molecular weight is 226 g/mol. The summed E-state index contributed by atoms with van der Waals surface area (Å²) in [6, 6.07) is 0. The molecule has 1 aromatic heterocycles. The Balaban J connectivity index is 3.11. The third-order valence-electron chi connectivity index (χ3n) is 2.21. The molecule has 0 bridgehead atoms. The fourth-order valence-corrected chi connectivity index (χ4v) is 1.36. The van der Waals surface area contributed by atoms with E-state index in [0.717, 1.165) is 11.0 Å². The molecule has 2 N–H and O–H groups in total. The molecule has 0 aliphatic rings. The summed E-state index contributed by atoms with van der Waals surface area (Å²) in [5.41, 5.74) is -0.907. The van der Waals surface area contributed by atoms with Crippen LogP contribution in [0.5, 0.6) is 0 Å². The van der Waals surface area contributed by atoms with E-state index in [0.29, 0.717) is 13.0 Å².